The molecule has 0 aliphatic heterocycles. The molecule has 254 valence electrons. The molecule has 2 atom stereocenters. The molecule has 2 unspecified atom stereocenters. The Morgan fingerprint density at radius 1 is 0.545 bits per heavy atom. The van der Waals surface area contributed by atoms with E-state index in [1.807, 2.05) is 0 Å². The Kier molecular flexibility index (Phi) is 25.4. The summed E-state index contributed by atoms with van der Waals surface area (Å²) in [7, 11) is 0. The summed E-state index contributed by atoms with van der Waals surface area (Å²) in [5.74, 6) is -0.901. The molecule has 0 aliphatic carbocycles. The topological polar surface area (TPSA) is 166 Å². The Labute approximate surface area is 261 Å². The molecule has 44 heavy (non-hydrogen) atoms. The van der Waals surface area contributed by atoms with Crippen LogP contribution in [0.15, 0.2) is 24.3 Å². The van der Waals surface area contributed by atoms with Gasteiger partial charge in [-0.2, -0.15) is 0 Å². The minimum absolute atomic E-state index is 0.122. The quantitative estimate of drug-likeness (QED) is 0.0589. The van der Waals surface area contributed by atoms with Gasteiger partial charge >= 0.3 is 24.1 Å². The number of hydrogen-bond acceptors (Lipinski definition) is 12. The summed E-state index contributed by atoms with van der Waals surface area (Å²) in [4.78, 5) is 46.2. The number of nitrogens with one attached hydrogen (secondary N) is 2. The predicted octanol–water partition coefficient (Wildman–Crippen LogP) is 3.08. The first-order valence-electron chi connectivity index (χ1n) is 14.9. The molecular formula is C30H52N2O12. The maximum absolute atomic E-state index is 11.7. The molecule has 0 heterocycles. The lowest BCUT2D eigenvalue weighted by Crippen LogP contribution is -2.27. The van der Waals surface area contributed by atoms with Crippen molar-refractivity contribution in [1.29, 1.82) is 0 Å². The standard InChI is InChI=1S/C30H52N2O12/c1-23(2)27(33)43-25(5)21-39-15-13-37-17-19-41-29(35)31-11-9-7-8-10-12-32-30(36)42-20-18-38-14-16-40-22-26(6)44-28(34)24(3)4/h25-26H,1,3,7-22H2,2,4-6H3,(H,31,35)(H,32,36). The second kappa shape index (κ2) is 27.4. The third-order valence-corrected chi connectivity index (χ3v) is 5.33. The Bertz CT molecular complexity index is 784. The molecule has 2 N–H and O–H groups in total. The fraction of sp³-hybridized carbons (Fsp3) is 0.733. The van der Waals surface area contributed by atoms with Crippen LogP contribution in [0.2, 0.25) is 0 Å². The van der Waals surface area contributed by atoms with Gasteiger partial charge in [-0.3, -0.25) is 0 Å². The van der Waals surface area contributed by atoms with Crippen molar-refractivity contribution < 1.29 is 57.1 Å². The third kappa shape index (κ3) is 26.4. The average molecular weight is 633 g/mol. The predicted molar refractivity (Wildman–Crippen MR) is 161 cm³/mol. The van der Waals surface area contributed by atoms with Gasteiger partial charge < -0.3 is 48.5 Å². The van der Waals surface area contributed by atoms with Crippen molar-refractivity contribution >= 4 is 24.1 Å². The molecule has 0 rings (SSSR count). The molecule has 0 saturated carbocycles. The van der Waals surface area contributed by atoms with Gasteiger partial charge in [0.1, 0.15) is 25.4 Å². The van der Waals surface area contributed by atoms with Crippen LogP contribution in [-0.4, -0.2) is 115 Å². The second-order valence-corrected chi connectivity index (χ2v) is 9.91. The van der Waals surface area contributed by atoms with Crippen molar-refractivity contribution in [1.82, 2.24) is 10.6 Å². The molecule has 2 amide bonds. The molecule has 14 nitrogen and oxygen atoms in total. The number of ether oxygens (including phenoxy) is 8. The van der Waals surface area contributed by atoms with Crippen LogP contribution in [0, 0.1) is 0 Å². The minimum Gasteiger partial charge on any atom is -0.457 e. The van der Waals surface area contributed by atoms with Crippen LogP contribution in [0.25, 0.3) is 0 Å². The number of carbonyl (C=O) groups excluding carboxylic acids is 4. The molecule has 0 aromatic carbocycles. The highest BCUT2D eigenvalue weighted by molar-refractivity contribution is 5.87. The van der Waals surface area contributed by atoms with Gasteiger partial charge in [-0.25, -0.2) is 19.2 Å². The first-order valence-corrected chi connectivity index (χ1v) is 14.9. The molecule has 0 saturated heterocycles. The minimum atomic E-state index is -0.505. The molecule has 0 radical (unpaired) electrons. The number of rotatable bonds is 27. The van der Waals surface area contributed by atoms with Crippen LogP contribution in [0.1, 0.15) is 53.4 Å². The number of hydrogen-bond donors (Lipinski definition) is 2. The van der Waals surface area contributed by atoms with E-state index in [-0.39, 0.29) is 51.8 Å². The van der Waals surface area contributed by atoms with Gasteiger partial charge in [-0.1, -0.05) is 26.0 Å². The van der Waals surface area contributed by atoms with Crippen LogP contribution in [-0.2, 0) is 47.5 Å². The third-order valence-electron chi connectivity index (χ3n) is 5.33. The summed E-state index contributed by atoms with van der Waals surface area (Å²) in [5.41, 5.74) is 0.671. The maximum atomic E-state index is 11.7. The van der Waals surface area contributed by atoms with E-state index in [0.29, 0.717) is 50.7 Å². The summed E-state index contributed by atoms with van der Waals surface area (Å²) >= 11 is 0. The van der Waals surface area contributed by atoms with E-state index in [0.717, 1.165) is 25.7 Å². The summed E-state index contributed by atoms with van der Waals surface area (Å²) in [6, 6.07) is 0. The van der Waals surface area contributed by atoms with Crippen molar-refractivity contribution in [2.75, 3.05) is 79.2 Å². The zero-order valence-corrected chi connectivity index (χ0v) is 26.8. The summed E-state index contributed by atoms with van der Waals surface area (Å²) in [6.07, 6.45) is 1.57. The van der Waals surface area contributed by atoms with Crippen LogP contribution in [0.5, 0.6) is 0 Å². The van der Waals surface area contributed by atoms with Gasteiger partial charge in [0.2, 0.25) is 0 Å². The van der Waals surface area contributed by atoms with Crippen LogP contribution in [0.3, 0.4) is 0 Å². The second-order valence-electron chi connectivity index (χ2n) is 9.91. The van der Waals surface area contributed by atoms with Gasteiger partial charge in [-0.05, 0) is 40.5 Å². The smallest absolute Gasteiger partial charge is 0.407 e. The van der Waals surface area contributed by atoms with Gasteiger partial charge in [-0.15, -0.1) is 0 Å². The van der Waals surface area contributed by atoms with E-state index in [4.69, 9.17) is 37.9 Å². The fourth-order valence-corrected chi connectivity index (χ4v) is 3.05. The monoisotopic (exact) mass is 632 g/mol. The van der Waals surface area contributed by atoms with E-state index in [9.17, 15) is 19.2 Å². The average Bonchev–Trinajstić information content (AvgIpc) is 2.96. The normalized spacial score (nSPS) is 12.0. The number of alkyl carbamates (subject to hydrolysis) is 2. The molecule has 0 fully saturated rings. The van der Waals surface area contributed by atoms with E-state index in [2.05, 4.69) is 23.8 Å². The highest BCUT2D eigenvalue weighted by atomic mass is 16.6. The van der Waals surface area contributed by atoms with E-state index >= 15 is 0 Å². The van der Waals surface area contributed by atoms with Crippen molar-refractivity contribution in [2.45, 2.75) is 65.6 Å². The van der Waals surface area contributed by atoms with Gasteiger partial charge in [0.15, 0.2) is 0 Å². The van der Waals surface area contributed by atoms with E-state index in [1.165, 1.54) is 0 Å². The zero-order valence-electron chi connectivity index (χ0n) is 26.8. The lowest BCUT2D eigenvalue weighted by molar-refractivity contribution is -0.147. The molecule has 0 spiro atoms. The lowest BCUT2D eigenvalue weighted by atomic mass is 10.2. The van der Waals surface area contributed by atoms with Crippen LogP contribution >= 0.6 is 0 Å². The summed E-state index contributed by atoms with van der Waals surface area (Å²) in [6.45, 7) is 17.1. The molecule has 0 aromatic rings. The lowest BCUT2D eigenvalue weighted by Gasteiger charge is -2.13. The summed E-state index contributed by atoms with van der Waals surface area (Å²) < 4.78 is 41.7. The van der Waals surface area contributed by atoms with Gasteiger partial charge in [0, 0.05) is 24.2 Å². The number of unbranched alkanes of at least 4 members (excludes halogenated alkanes) is 3. The maximum Gasteiger partial charge on any atom is 0.407 e. The van der Waals surface area contributed by atoms with Crippen LogP contribution in [0.4, 0.5) is 9.59 Å². The molecular weight excluding hydrogens is 580 g/mol. The van der Waals surface area contributed by atoms with Gasteiger partial charge in [0.05, 0.1) is 52.9 Å². The molecule has 0 aliphatic rings. The Balaban J connectivity index is 3.43. The number of carbonyl (C=O) groups is 4. The SMILES string of the molecule is C=C(C)C(=O)OC(C)COCCOCCOC(=O)NCCCCCCNC(=O)OCCOCCOCC(C)OC(=O)C(=C)C. The Hall–Kier alpha value is -3.20. The van der Waals surface area contributed by atoms with Crippen LogP contribution < -0.4 is 10.6 Å². The molecule has 14 heteroatoms. The van der Waals surface area contributed by atoms with Crippen molar-refractivity contribution in [3.05, 3.63) is 24.3 Å². The number of esters is 2. The zero-order chi connectivity index (χ0) is 33.0. The highest BCUT2D eigenvalue weighted by Gasteiger charge is 2.11. The molecule has 0 bridgehead atoms. The number of amides is 2. The first-order chi connectivity index (χ1) is 21.0. The highest BCUT2D eigenvalue weighted by Crippen LogP contribution is 2.01. The van der Waals surface area contributed by atoms with E-state index < -0.39 is 24.1 Å². The Morgan fingerprint density at radius 3 is 1.25 bits per heavy atom. The van der Waals surface area contributed by atoms with Crippen molar-refractivity contribution in [3.63, 3.8) is 0 Å². The first kappa shape index (κ1) is 40.8. The van der Waals surface area contributed by atoms with E-state index in [1.54, 1.807) is 27.7 Å². The summed E-state index contributed by atoms with van der Waals surface area (Å²) in [5, 5.41) is 5.36. The van der Waals surface area contributed by atoms with Crippen molar-refractivity contribution in [3.8, 4) is 0 Å². The fourth-order valence-electron chi connectivity index (χ4n) is 3.05. The molecule has 0 aromatic heterocycles. The largest absolute Gasteiger partial charge is 0.457 e. The Morgan fingerprint density at radius 2 is 0.886 bits per heavy atom. The van der Waals surface area contributed by atoms with Gasteiger partial charge in [0.25, 0.3) is 0 Å². The van der Waals surface area contributed by atoms with Crippen molar-refractivity contribution in [2.24, 2.45) is 0 Å².